The maximum Gasteiger partial charge on any atom is 0.269 e. The lowest BCUT2D eigenvalue weighted by molar-refractivity contribution is -0.384. The summed E-state index contributed by atoms with van der Waals surface area (Å²) in [5, 5.41) is 20.8. The summed E-state index contributed by atoms with van der Waals surface area (Å²) in [6.07, 6.45) is 0.765. The predicted octanol–water partition coefficient (Wildman–Crippen LogP) is 5.66. The van der Waals surface area contributed by atoms with Crippen molar-refractivity contribution in [2.45, 2.75) is 31.8 Å². The van der Waals surface area contributed by atoms with Gasteiger partial charge in [0.15, 0.2) is 0 Å². The minimum absolute atomic E-state index is 0.0665. The molecule has 1 aliphatic rings. The van der Waals surface area contributed by atoms with Gasteiger partial charge in [-0.3, -0.25) is 10.1 Å². The Bertz CT molecular complexity index is 1040. The van der Waals surface area contributed by atoms with Crippen molar-refractivity contribution in [1.82, 2.24) is 0 Å². The number of fused-ring (bicyclic) bond motifs is 1. The Morgan fingerprint density at radius 3 is 2.43 bits per heavy atom. The summed E-state index contributed by atoms with van der Waals surface area (Å²) in [4.78, 5) is 10.6. The van der Waals surface area contributed by atoms with E-state index in [0.717, 1.165) is 34.4 Å². The van der Waals surface area contributed by atoms with Gasteiger partial charge in [-0.15, -0.1) is 0 Å². The summed E-state index contributed by atoms with van der Waals surface area (Å²) in [6.45, 7) is 4.11. The van der Waals surface area contributed by atoms with Gasteiger partial charge < -0.3 is 9.84 Å². The van der Waals surface area contributed by atoms with Gasteiger partial charge in [-0.1, -0.05) is 30.3 Å². The fourth-order valence-electron chi connectivity index (χ4n) is 3.85. The van der Waals surface area contributed by atoms with E-state index in [1.54, 1.807) is 24.3 Å². The van der Waals surface area contributed by atoms with Crippen molar-refractivity contribution >= 4 is 5.69 Å². The lowest BCUT2D eigenvalue weighted by Gasteiger charge is -2.38. The van der Waals surface area contributed by atoms with Crippen LogP contribution in [0.2, 0.25) is 0 Å². The fraction of sp³-hybridized carbons (Fsp3) is 0.217. The van der Waals surface area contributed by atoms with Gasteiger partial charge in [0.1, 0.15) is 17.1 Å². The number of rotatable bonds is 3. The van der Waals surface area contributed by atoms with Gasteiger partial charge >= 0.3 is 0 Å². The van der Waals surface area contributed by atoms with Crippen molar-refractivity contribution in [1.29, 1.82) is 0 Å². The van der Waals surface area contributed by atoms with Crippen molar-refractivity contribution in [3.05, 3.63) is 88.0 Å². The van der Waals surface area contributed by atoms with Crippen LogP contribution in [0.5, 0.6) is 11.5 Å². The second-order valence-corrected chi connectivity index (χ2v) is 7.77. The number of hydrogen-bond acceptors (Lipinski definition) is 4. The molecule has 0 aliphatic carbocycles. The molecule has 1 unspecified atom stereocenters. The van der Waals surface area contributed by atoms with Crippen LogP contribution in [0.15, 0.2) is 66.7 Å². The molecule has 1 aliphatic heterocycles. The molecule has 0 saturated heterocycles. The number of aromatic hydroxyl groups is 1. The molecule has 0 spiro atoms. The molecule has 4 rings (SSSR count). The monoisotopic (exact) mass is 375 g/mol. The first-order valence-corrected chi connectivity index (χ1v) is 9.19. The Labute approximate surface area is 163 Å². The number of phenolic OH excluding ortho intramolecular Hbond substituents is 1. The van der Waals surface area contributed by atoms with Crippen molar-refractivity contribution in [3.63, 3.8) is 0 Å². The Balaban J connectivity index is 1.80. The van der Waals surface area contributed by atoms with Crippen LogP contribution >= 0.6 is 0 Å². The highest BCUT2D eigenvalue weighted by Gasteiger charge is 2.35. The van der Waals surface area contributed by atoms with Crippen LogP contribution in [0, 0.1) is 10.1 Å². The third-order valence-electron chi connectivity index (χ3n) is 5.15. The van der Waals surface area contributed by atoms with E-state index in [4.69, 9.17) is 4.74 Å². The zero-order valence-electron chi connectivity index (χ0n) is 15.8. The number of ether oxygens (including phenoxy) is 1. The first kappa shape index (κ1) is 18.0. The van der Waals surface area contributed by atoms with Crippen LogP contribution in [0.1, 0.15) is 37.3 Å². The zero-order chi connectivity index (χ0) is 19.9. The van der Waals surface area contributed by atoms with E-state index in [2.05, 4.69) is 19.9 Å². The van der Waals surface area contributed by atoms with Crippen molar-refractivity contribution in [2.75, 3.05) is 0 Å². The summed E-state index contributed by atoms with van der Waals surface area (Å²) in [5.74, 6) is 1.11. The topological polar surface area (TPSA) is 72.6 Å². The molecule has 0 fully saturated rings. The minimum Gasteiger partial charge on any atom is -0.508 e. The zero-order valence-corrected chi connectivity index (χ0v) is 15.8. The number of phenols is 1. The quantitative estimate of drug-likeness (QED) is 0.473. The Morgan fingerprint density at radius 1 is 1.04 bits per heavy atom. The average molecular weight is 375 g/mol. The smallest absolute Gasteiger partial charge is 0.269 e. The standard InChI is InChI=1S/C23H21NO4/c1-23(2)14-21(15-6-9-18(10-7-15)24(26)27)20-13-17(8-11-22(20)28-23)16-4-3-5-19(25)12-16/h3-13,21,25H,14H2,1-2H3. The Morgan fingerprint density at radius 2 is 1.75 bits per heavy atom. The maximum absolute atomic E-state index is 11.0. The summed E-state index contributed by atoms with van der Waals surface area (Å²) < 4.78 is 6.19. The minimum atomic E-state index is -0.383. The molecule has 28 heavy (non-hydrogen) atoms. The molecule has 3 aromatic rings. The van der Waals surface area contributed by atoms with E-state index in [9.17, 15) is 15.2 Å². The fourth-order valence-corrected chi connectivity index (χ4v) is 3.85. The average Bonchev–Trinajstić information content (AvgIpc) is 2.66. The molecule has 0 bridgehead atoms. The largest absolute Gasteiger partial charge is 0.508 e. The second kappa shape index (κ2) is 6.68. The molecule has 5 heteroatoms. The van der Waals surface area contributed by atoms with Gasteiger partial charge in [0.25, 0.3) is 5.69 Å². The third-order valence-corrected chi connectivity index (χ3v) is 5.15. The summed E-state index contributed by atoms with van der Waals surface area (Å²) in [7, 11) is 0. The van der Waals surface area contributed by atoms with Gasteiger partial charge in [-0.25, -0.2) is 0 Å². The van der Waals surface area contributed by atoms with Crippen molar-refractivity contribution < 1.29 is 14.8 Å². The highest BCUT2D eigenvalue weighted by Crippen LogP contribution is 2.45. The molecule has 0 aromatic heterocycles. The number of benzene rings is 3. The van der Waals surface area contributed by atoms with Crippen LogP contribution in [-0.2, 0) is 0 Å². The number of nitro groups is 1. The summed E-state index contributed by atoms with van der Waals surface area (Å²) in [5.41, 5.74) is 3.74. The number of nitrogens with zero attached hydrogens (tertiary/aromatic N) is 1. The molecule has 0 saturated carbocycles. The van der Waals surface area contributed by atoms with Crippen molar-refractivity contribution in [2.24, 2.45) is 0 Å². The summed E-state index contributed by atoms with van der Waals surface area (Å²) >= 11 is 0. The van der Waals surface area contributed by atoms with Gasteiger partial charge in [-0.2, -0.15) is 0 Å². The Kier molecular flexibility index (Phi) is 4.30. The first-order chi connectivity index (χ1) is 13.3. The lowest BCUT2D eigenvalue weighted by Crippen LogP contribution is -2.35. The molecule has 0 radical (unpaired) electrons. The van der Waals surface area contributed by atoms with E-state index in [-0.39, 0.29) is 27.9 Å². The first-order valence-electron chi connectivity index (χ1n) is 9.19. The van der Waals surface area contributed by atoms with Crippen LogP contribution in [0.25, 0.3) is 11.1 Å². The molecule has 3 aromatic carbocycles. The van der Waals surface area contributed by atoms with Crippen LogP contribution in [0.4, 0.5) is 5.69 Å². The highest BCUT2D eigenvalue weighted by molar-refractivity contribution is 5.68. The molecule has 0 amide bonds. The molecule has 1 heterocycles. The van der Waals surface area contributed by atoms with Crippen LogP contribution in [-0.4, -0.2) is 15.6 Å². The maximum atomic E-state index is 11.0. The number of hydrogen-bond donors (Lipinski definition) is 1. The van der Waals surface area contributed by atoms with E-state index < -0.39 is 0 Å². The molecular formula is C23H21NO4. The van der Waals surface area contributed by atoms with E-state index >= 15 is 0 Å². The van der Waals surface area contributed by atoms with Crippen LogP contribution in [0.3, 0.4) is 0 Å². The lowest BCUT2D eigenvalue weighted by atomic mass is 9.79. The van der Waals surface area contributed by atoms with Gasteiger partial charge in [0.2, 0.25) is 0 Å². The van der Waals surface area contributed by atoms with Crippen molar-refractivity contribution in [3.8, 4) is 22.6 Å². The van der Waals surface area contributed by atoms with E-state index in [1.165, 1.54) is 0 Å². The normalized spacial score (nSPS) is 17.4. The number of non-ortho nitro benzene ring substituents is 1. The summed E-state index contributed by atoms with van der Waals surface area (Å²) in [6, 6.07) is 20.0. The van der Waals surface area contributed by atoms with E-state index in [1.807, 2.05) is 36.4 Å². The van der Waals surface area contributed by atoms with Crippen LogP contribution < -0.4 is 4.74 Å². The van der Waals surface area contributed by atoms with Gasteiger partial charge in [-0.05, 0) is 61.2 Å². The van der Waals surface area contributed by atoms with Gasteiger partial charge in [0, 0.05) is 23.6 Å². The predicted molar refractivity (Wildman–Crippen MR) is 108 cm³/mol. The molecular weight excluding hydrogens is 354 g/mol. The second-order valence-electron chi connectivity index (χ2n) is 7.77. The van der Waals surface area contributed by atoms with Gasteiger partial charge in [0.05, 0.1) is 4.92 Å². The molecule has 5 nitrogen and oxygen atoms in total. The van der Waals surface area contributed by atoms with E-state index in [0.29, 0.717) is 0 Å². The number of nitro benzene ring substituents is 1. The Hall–Kier alpha value is -3.34. The SMILES string of the molecule is CC1(C)CC(c2ccc([N+](=O)[O-])cc2)c2cc(-c3cccc(O)c3)ccc2O1. The molecule has 1 atom stereocenters. The third kappa shape index (κ3) is 3.43. The molecule has 1 N–H and O–H groups in total. The highest BCUT2D eigenvalue weighted by atomic mass is 16.6. The molecule has 142 valence electrons.